The fourth-order valence-electron chi connectivity index (χ4n) is 2.57. The van der Waals surface area contributed by atoms with Crippen molar-refractivity contribution in [2.75, 3.05) is 13.2 Å². The highest BCUT2D eigenvalue weighted by molar-refractivity contribution is 5.19. The molecule has 1 aromatic rings. The molecule has 19 heavy (non-hydrogen) atoms. The summed E-state index contributed by atoms with van der Waals surface area (Å²) in [7, 11) is 0. The van der Waals surface area contributed by atoms with Crippen molar-refractivity contribution in [1.82, 2.24) is 5.32 Å². The van der Waals surface area contributed by atoms with Gasteiger partial charge in [0.1, 0.15) is 0 Å². The van der Waals surface area contributed by atoms with Gasteiger partial charge in [-0.2, -0.15) is 0 Å². The summed E-state index contributed by atoms with van der Waals surface area (Å²) in [6, 6.07) is 11.6. The SMILES string of the molecule is CCOCC(C)NC(c1ccccc1)C(CC)CC. The molecule has 2 atom stereocenters. The Kier molecular flexibility index (Phi) is 7.76. The maximum atomic E-state index is 5.52. The van der Waals surface area contributed by atoms with Crippen LogP contribution in [0.5, 0.6) is 0 Å². The number of ether oxygens (including phenoxy) is 1. The number of hydrogen-bond donors (Lipinski definition) is 1. The quantitative estimate of drug-likeness (QED) is 0.721. The average Bonchev–Trinajstić information content (AvgIpc) is 2.46. The monoisotopic (exact) mass is 263 g/mol. The van der Waals surface area contributed by atoms with E-state index in [4.69, 9.17) is 4.74 Å². The zero-order valence-electron chi connectivity index (χ0n) is 12.9. The topological polar surface area (TPSA) is 21.3 Å². The van der Waals surface area contributed by atoms with Crippen molar-refractivity contribution >= 4 is 0 Å². The van der Waals surface area contributed by atoms with Crippen LogP contribution in [0.1, 0.15) is 52.1 Å². The van der Waals surface area contributed by atoms with Gasteiger partial charge in [-0.15, -0.1) is 0 Å². The van der Waals surface area contributed by atoms with Crippen LogP contribution >= 0.6 is 0 Å². The summed E-state index contributed by atoms with van der Waals surface area (Å²) in [4.78, 5) is 0. The van der Waals surface area contributed by atoms with Gasteiger partial charge >= 0.3 is 0 Å². The lowest BCUT2D eigenvalue weighted by molar-refractivity contribution is 0.118. The highest BCUT2D eigenvalue weighted by Crippen LogP contribution is 2.27. The zero-order valence-corrected chi connectivity index (χ0v) is 12.9. The molecule has 0 saturated carbocycles. The highest BCUT2D eigenvalue weighted by atomic mass is 16.5. The third kappa shape index (κ3) is 5.33. The molecular formula is C17H29NO. The Morgan fingerprint density at radius 3 is 2.21 bits per heavy atom. The Labute approximate surface area is 118 Å². The second kappa shape index (κ2) is 9.11. The number of hydrogen-bond acceptors (Lipinski definition) is 2. The van der Waals surface area contributed by atoms with Crippen molar-refractivity contribution in [3.8, 4) is 0 Å². The minimum atomic E-state index is 0.380. The molecule has 2 nitrogen and oxygen atoms in total. The summed E-state index contributed by atoms with van der Waals surface area (Å²) in [6.45, 7) is 10.4. The Morgan fingerprint density at radius 1 is 1.05 bits per heavy atom. The lowest BCUT2D eigenvalue weighted by Gasteiger charge is -2.30. The molecule has 1 aromatic carbocycles. The van der Waals surface area contributed by atoms with Crippen molar-refractivity contribution in [2.45, 2.75) is 52.6 Å². The highest BCUT2D eigenvalue weighted by Gasteiger charge is 2.21. The van der Waals surface area contributed by atoms with Crippen LogP contribution in [-0.4, -0.2) is 19.3 Å². The van der Waals surface area contributed by atoms with Crippen molar-refractivity contribution < 1.29 is 4.74 Å². The minimum absolute atomic E-state index is 0.380. The van der Waals surface area contributed by atoms with Crippen molar-refractivity contribution in [1.29, 1.82) is 0 Å². The maximum Gasteiger partial charge on any atom is 0.0616 e. The van der Waals surface area contributed by atoms with Crippen LogP contribution in [0.15, 0.2) is 30.3 Å². The second-order valence-corrected chi connectivity index (χ2v) is 5.19. The molecule has 0 bridgehead atoms. The summed E-state index contributed by atoms with van der Waals surface area (Å²) >= 11 is 0. The fourth-order valence-corrected chi connectivity index (χ4v) is 2.57. The molecule has 0 aliphatic rings. The Hall–Kier alpha value is -0.860. The second-order valence-electron chi connectivity index (χ2n) is 5.19. The molecule has 0 aromatic heterocycles. The van der Waals surface area contributed by atoms with E-state index >= 15 is 0 Å². The summed E-state index contributed by atoms with van der Waals surface area (Å²) in [5, 5.41) is 3.74. The summed E-state index contributed by atoms with van der Waals surface area (Å²) in [5.74, 6) is 0.673. The molecule has 0 radical (unpaired) electrons. The van der Waals surface area contributed by atoms with Gasteiger partial charge in [0.25, 0.3) is 0 Å². The van der Waals surface area contributed by atoms with Gasteiger partial charge < -0.3 is 10.1 Å². The van der Waals surface area contributed by atoms with Crippen LogP contribution < -0.4 is 5.32 Å². The molecule has 2 unspecified atom stereocenters. The summed E-state index contributed by atoms with van der Waals surface area (Å²) < 4.78 is 5.52. The Balaban J connectivity index is 2.75. The number of benzene rings is 1. The average molecular weight is 263 g/mol. The molecule has 0 saturated heterocycles. The van der Waals surface area contributed by atoms with Crippen molar-refractivity contribution in [2.24, 2.45) is 5.92 Å². The van der Waals surface area contributed by atoms with Crippen molar-refractivity contribution in [3.63, 3.8) is 0 Å². The largest absolute Gasteiger partial charge is 0.380 e. The van der Waals surface area contributed by atoms with E-state index in [0.29, 0.717) is 18.0 Å². The van der Waals surface area contributed by atoms with E-state index in [1.165, 1.54) is 18.4 Å². The van der Waals surface area contributed by atoms with Crippen LogP contribution in [-0.2, 0) is 4.74 Å². The predicted molar refractivity (Wildman–Crippen MR) is 82.3 cm³/mol. The van der Waals surface area contributed by atoms with E-state index in [0.717, 1.165) is 13.2 Å². The molecule has 1 rings (SSSR count). The molecule has 0 heterocycles. The van der Waals surface area contributed by atoms with E-state index in [-0.39, 0.29) is 0 Å². The molecule has 0 spiro atoms. The fraction of sp³-hybridized carbons (Fsp3) is 0.647. The lowest BCUT2D eigenvalue weighted by atomic mass is 9.88. The van der Waals surface area contributed by atoms with E-state index in [9.17, 15) is 0 Å². The Bertz CT molecular complexity index is 321. The van der Waals surface area contributed by atoms with Crippen LogP contribution in [0, 0.1) is 5.92 Å². The van der Waals surface area contributed by atoms with E-state index in [1.807, 2.05) is 6.92 Å². The van der Waals surface area contributed by atoms with Gasteiger partial charge in [-0.25, -0.2) is 0 Å². The first-order chi connectivity index (χ1) is 9.22. The molecule has 0 aliphatic heterocycles. The Morgan fingerprint density at radius 2 is 1.68 bits per heavy atom. The van der Waals surface area contributed by atoms with Gasteiger partial charge in [-0.1, -0.05) is 57.0 Å². The van der Waals surface area contributed by atoms with Gasteiger partial charge in [0.15, 0.2) is 0 Å². The van der Waals surface area contributed by atoms with Crippen LogP contribution in [0.4, 0.5) is 0 Å². The van der Waals surface area contributed by atoms with E-state index in [1.54, 1.807) is 0 Å². The third-order valence-corrected chi connectivity index (χ3v) is 3.71. The summed E-state index contributed by atoms with van der Waals surface area (Å²) in [5.41, 5.74) is 1.39. The minimum Gasteiger partial charge on any atom is -0.380 e. The normalized spacial score (nSPS) is 14.6. The number of nitrogens with one attached hydrogen (secondary N) is 1. The van der Waals surface area contributed by atoms with Gasteiger partial charge in [0.2, 0.25) is 0 Å². The van der Waals surface area contributed by atoms with Gasteiger partial charge in [0, 0.05) is 18.7 Å². The van der Waals surface area contributed by atoms with E-state index < -0.39 is 0 Å². The standard InChI is InChI=1S/C17H29NO/c1-5-15(6-2)17(16-11-9-8-10-12-16)18-14(4)13-19-7-3/h8-12,14-15,17-18H,5-7,13H2,1-4H3. The first-order valence-electron chi connectivity index (χ1n) is 7.61. The van der Waals surface area contributed by atoms with Gasteiger partial charge in [0.05, 0.1) is 6.61 Å². The first-order valence-corrected chi connectivity index (χ1v) is 7.61. The van der Waals surface area contributed by atoms with Crippen LogP contribution in [0.2, 0.25) is 0 Å². The molecule has 0 fully saturated rings. The lowest BCUT2D eigenvalue weighted by Crippen LogP contribution is -2.37. The van der Waals surface area contributed by atoms with Crippen LogP contribution in [0.25, 0.3) is 0 Å². The molecule has 1 N–H and O–H groups in total. The van der Waals surface area contributed by atoms with Crippen molar-refractivity contribution in [3.05, 3.63) is 35.9 Å². The molecule has 0 amide bonds. The van der Waals surface area contributed by atoms with Gasteiger partial charge in [-0.3, -0.25) is 0 Å². The molecule has 108 valence electrons. The predicted octanol–water partition coefficient (Wildman–Crippen LogP) is 4.18. The molecule has 2 heteroatoms. The number of rotatable bonds is 9. The zero-order chi connectivity index (χ0) is 14.1. The smallest absolute Gasteiger partial charge is 0.0616 e. The molecular weight excluding hydrogens is 234 g/mol. The summed E-state index contributed by atoms with van der Waals surface area (Å²) in [6.07, 6.45) is 2.40. The third-order valence-electron chi connectivity index (χ3n) is 3.71. The first kappa shape index (κ1) is 16.2. The van der Waals surface area contributed by atoms with E-state index in [2.05, 4.69) is 56.4 Å². The van der Waals surface area contributed by atoms with Gasteiger partial charge in [-0.05, 0) is 25.3 Å². The molecule has 0 aliphatic carbocycles. The maximum absolute atomic E-state index is 5.52. The van der Waals surface area contributed by atoms with Crippen LogP contribution in [0.3, 0.4) is 0 Å².